The summed E-state index contributed by atoms with van der Waals surface area (Å²) in [6, 6.07) is 20.4. The van der Waals surface area contributed by atoms with Crippen LogP contribution in [0.5, 0.6) is 0 Å². The Balaban J connectivity index is 1.51. The second kappa shape index (κ2) is 9.67. The van der Waals surface area contributed by atoms with Gasteiger partial charge in [-0.25, -0.2) is 0 Å². The molecule has 0 atom stereocenters. The molecule has 33 heavy (non-hydrogen) atoms. The van der Waals surface area contributed by atoms with Crippen LogP contribution in [-0.2, 0) is 16.1 Å². The van der Waals surface area contributed by atoms with Gasteiger partial charge in [-0.2, -0.15) is 0 Å². The van der Waals surface area contributed by atoms with Gasteiger partial charge in [-0.05, 0) is 35.9 Å². The summed E-state index contributed by atoms with van der Waals surface area (Å²) in [4.78, 5) is 39.2. The lowest BCUT2D eigenvalue weighted by molar-refractivity contribution is -0.138. The van der Waals surface area contributed by atoms with E-state index in [1.807, 2.05) is 30.3 Å². The zero-order valence-corrected chi connectivity index (χ0v) is 19.2. The van der Waals surface area contributed by atoms with Gasteiger partial charge in [0.25, 0.3) is 17.7 Å². The molecule has 0 saturated carbocycles. The van der Waals surface area contributed by atoms with Gasteiger partial charge in [0, 0.05) is 11.3 Å². The van der Waals surface area contributed by atoms with Crippen LogP contribution in [-0.4, -0.2) is 22.6 Å². The highest BCUT2D eigenvalue weighted by atomic mass is 35.5. The number of halogens is 3. The molecule has 4 rings (SSSR count). The summed E-state index contributed by atoms with van der Waals surface area (Å²) >= 11 is 18.3. The molecule has 0 radical (unpaired) electrons. The fourth-order valence-corrected chi connectivity index (χ4v) is 3.82. The molecule has 0 bridgehead atoms. The number of amides is 3. The molecular weight excluding hydrogens is 485 g/mol. The number of nitrogens with zero attached hydrogens (tertiary/aromatic N) is 1. The monoisotopic (exact) mass is 499 g/mol. The van der Waals surface area contributed by atoms with Gasteiger partial charge in [0.05, 0.1) is 22.3 Å². The number of carbonyl (C=O) groups is 3. The summed E-state index contributed by atoms with van der Waals surface area (Å²) in [5, 5.41) is 5.90. The molecule has 0 fully saturated rings. The van der Waals surface area contributed by atoms with Crippen molar-refractivity contribution in [3.05, 3.63) is 105 Å². The lowest BCUT2D eigenvalue weighted by Crippen LogP contribution is -2.31. The van der Waals surface area contributed by atoms with Gasteiger partial charge in [-0.15, -0.1) is 0 Å². The zero-order chi connectivity index (χ0) is 23.5. The van der Waals surface area contributed by atoms with E-state index in [0.717, 1.165) is 10.5 Å². The smallest absolute Gasteiger partial charge is 0.279 e. The molecule has 2 N–H and O–H groups in total. The highest BCUT2D eigenvalue weighted by Crippen LogP contribution is 2.30. The maximum absolute atomic E-state index is 12.9. The molecule has 0 unspecified atom stereocenters. The van der Waals surface area contributed by atoms with Gasteiger partial charge >= 0.3 is 0 Å². The van der Waals surface area contributed by atoms with Crippen LogP contribution in [0.2, 0.25) is 10.0 Å². The molecule has 3 aromatic rings. The van der Waals surface area contributed by atoms with E-state index >= 15 is 0 Å². The topological polar surface area (TPSA) is 78.5 Å². The maximum atomic E-state index is 12.9. The lowest BCUT2D eigenvalue weighted by atomic mass is 10.1. The summed E-state index contributed by atoms with van der Waals surface area (Å²) in [5.74, 6) is -1.56. The Labute approximate surface area is 204 Å². The summed E-state index contributed by atoms with van der Waals surface area (Å²) in [7, 11) is 0. The van der Waals surface area contributed by atoms with Crippen molar-refractivity contribution in [1.82, 2.24) is 4.90 Å². The maximum Gasteiger partial charge on any atom is 0.279 e. The van der Waals surface area contributed by atoms with Crippen LogP contribution in [0.15, 0.2) is 83.5 Å². The lowest BCUT2D eigenvalue weighted by Gasteiger charge is -2.15. The highest BCUT2D eigenvalue weighted by Gasteiger charge is 2.37. The Morgan fingerprint density at radius 2 is 1.58 bits per heavy atom. The Bertz CT molecular complexity index is 1290. The van der Waals surface area contributed by atoms with Crippen LogP contribution in [0.4, 0.5) is 11.4 Å². The van der Waals surface area contributed by atoms with Crippen LogP contribution < -0.4 is 10.6 Å². The van der Waals surface area contributed by atoms with Crippen LogP contribution in [0, 0.1) is 0 Å². The van der Waals surface area contributed by atoms with Crippen molar-refractivity contribution in [2.45, 2.75) is 6.54 Å². The second-order valence-electron chi connectivity index (χ2n) is 7.13. The summed E-state index contributed by atoms with van der Waals surface area (Å²) < 4.78 is 0. The predicted octanol–water partition coefficient (Wildman–Crippen LogP) is 5.68. The minimum Gasteiger partial charge on any atom is -0.350 e. The van der Waals surface area contributed by atoms with E-state index in [2.05, 4.69) is 10.6 Å². The number of carbonyl (C=O) groups excluding carboxylic acids is 3. The molecule has 1 aliphatic rings. The Hall–Kier alpha value is -3.32. The standard InChI is InChI=1S/C24H16Cl3N3O3/c25-17-10-5-11-18(19(17)26)29-22(31)15-8-4-9-16(12-15)28-21-20(27)23(32)30(24(21)33)13-14-6-2-1-3-7-14/h1-12,28H,13H2,(H,29,31). The van der Waals surface area contributed by atoms with Crippen molar-refractivity contribution in [3.63, 3.8) is 0 Å². The summed E-state index contributed by atoms with van der Waals surface area (Å²) in [6.07, 6.45) is 0. The van der Waals surface area contributed by atoms with Crippen molar-refractivity contribution in [1.29, 1.82) is 0 Å². The molecule has 1 aliphatic heterocycles. The third-order valence-electron chi connectivity index (χ3n) is 4.89. The normalized spacial score (nSPS) is 13.5. The number of nitrogens with one attached hydrogen (secondary N) is 2. The van der Waals surface area contributed by atoms with Crippen LogP contribution in [0.25, 0.3) is 0 Å². The fourth-order valence-electron chi connectivity index (χ4n) is 3.24. The minimum atomic E-state index is -0.586. The first-order valence-electron chi connectivity index (χ1n) is 9.77. The van der Waals surface area contributed by atoms with E-state index < -0.39 is 17.7 Å². The predicted molar refractivity (Wildman–Crippen MR) is 129 cm³/mol. The second-order valence-corrected chi connectivity index (χ2v) is 8.30. The first-order chi connectivity index (χ1) is 15.8. The summed E-state index contributed by atoms with van der Waals surface area (Å²) in [6.45, 7) is 0.0999. The van der Waals surface area contributed by atoms with E-state index in [1.54, 1.807) is 36.4 Å². The SMILES string of the molecule is O=C(Nc1cccc(Cl)c1Cl)c1cccc(NC2=C(Cl)C(=O)N(Cc3ccccc3)C2=O)c1. The molecule has 6 nitrogen and oxygen atoms in total. The first-order valence-corrected chi connectivity index (χ1v) is 10.9. The molecule has 0 saturated heterocycles. The van der Waals surface area contributed by atoms with E-state index in [4.69, 9.17) is 34.8 Å². The third kappa shape index (κ3) is 4.88. The minimum absolute atomic E-state index is 0.0481. The van der Waals surface area contributed by atoms with Crippen molar-refractivity contribution >= 4 is 63.9 Å². The Kier molecular flexibility index (Phi) is 6.70. The Morgan fingerprint density at radius 1 is 0.848 bits per heavy atom. The number of anilines is 2. The molecule has 3 aromatic carbocycles. The first kappa shape index (κ1) is 22.9. The fraction of sp³-hybridized carbons (Fsp3) is 0.0417. The molecule has 9 heteroatoms. The number of rotatable bonds is 6. The number of hydrogen-bond donors (Lipinski definition) is 2. The summed E-state index contributed by atoms with van der Waals surface area (Å²) in [5.41, 5.74) is 1.82. The number of benzene rings is 3. The van der Waals surface area contributed by atoms with E-state index in [0.29, 0.717) is 22.0 Å². The van der Waals surface area contributed by atoms with E-state index in [-0.39, 0.29) is 22.3 Å². The average molecular weight is 501 g/mol. The van der Waals surface area contributed by atoms with Gasteiger partial charge in [-0.3, -0.25) is 19.3 Å². The average Bonchev–Trinajstić information content (AvgIpc) is 3.01. The molecular formula is C24H16Cl3N3O3. The van der Waals surface area contributed by atoms with Gasteiger partial charge in [0.2, 0.25) is 0 Å². The van der Waals surface area contributed by atoms with Crippen LogP contribution in [0.1, 0.15) is 15.9 Å². The highest BCUT2D eigenvalue weighted by molar-refractivity contribution is 6.48. The van der Waals surface area contributed by atoms with Crippen molar-refractivity contribution < 1.29 is 14.4 Å². The van der Waals surface area contributed by atoms with Crippen molar-refractivity contribution in [2.24, 2.45) is 0 Å². The zero-order valence-electron chi connectivity index (χ0n) is 16.9. The van der Waals surface area contributed by atoms with Crippen molar-refractivity contribution in [2.75, 3.05) is 10.6 Å². The van der Waals surface area contributed by atoms with Crippen LogP contribution >= 0.6 is 34.8 Å². The van der Waals surface area contributed by atoms with Crippen LogP contribution in [0.3, 0.4) is 0 Å². The molecule has 0 spiro atoms. The molecule has 0 aromatic heterocycles. The van der Waals surface area contributed by atoms with E-state index in [1.165, 1.54) is 6.07 Å². The van der Waals surface area contributed by atoms with Gasteiger partial charge < -0.3 is 10.6 Å². The van der Waals surface area contributed by atoms with E-state index in [9.17, 15) is 14.4 Å². The molecule has 3 amide bonds. The largest absolute Gasteiger partial charge is 0.350 e. The third-order valence-corrected chi connectivity index (χ3v) is 6.06. The molecule has 0 aliphatic carbocycles. The van der Waals surface area contributed by atoms with Crippen molar-refractivity contribution in [3.8, 4) is 0 Å². The number of hydrogen-bond acceptors (Lipinski definition) is 4. The Morgan fingerprint density at radius 3 is 2.33 bits per heavy atom. The van der Waals surface area contributed by atoms with Gasteiger partial charge in [0.1, 0.15) is 10.7 Å². The van der Waals surface area contributed by atoms with Gasteiger partial charge in [-0.1, -0.05) is 77.3 Å². The number of imide groups is 1. The van der Waals surface area contributed by atoms with Gasteiger partial charge in [0.15, 0.2) is 0 Å². The molecule has 166 valence electrons. The molecule has 1 heterocycles. The quantitative estimate of drug-likeness (QED) is 0.427.